The maximum absolute atomic E-state index is 12.8. The Labute approximate surface area is 168 Å². The highest BCUT2D eigenvalue weighted by Gasteiger charge is 2.22. The lowest BCUT2D eigenvalue weighted by Crippen LogP contribution is -3.12. The number of aromatic nitrogens is 1. The van der Waals surface area contributed by atoms with Crippen LogP contribution in [0.25, 0.3) is 10.9 Å². The zero-order valence-electron chi connectivity index (χ0n) is 15.7. The first-order valence-corrected chi connectivity index (χ1v) is 9.76. The number of fused-ring (bicyclic) bond motifs is 1. The number of rotatable bonds is 4. The summed E-state index contributed by atoms with van der Waals surface area (Å²) < 4.78 is 11.3. The van der Waals surface area contributed by atoms with Crippen LogP contribution >= 0.6 is 11.6 Å². The van der Waals surface area contributed by atoms with Gasteiger partial charge in [-0.05, 0) is 37.3 Å². The van der Waals surface area contributed by atoms with Crippen molar-refractivity contribution >= 4 is 28.5 Å². The fraction of sp³-hybridized carbons (Fsp3) is 0.273. The van der Waals surface area contributed by atoms with Gasteiger partial charge >= 0.3 is 5.97 Å². The van der Waals surface area contributed by atoms with Crippen LogP contribution in [0.3, 0.4) is 0 Å². The van der Waals surface area contributed by atoms with Crippen molar-refractivity contribution in [1.82, 2.24) is 4.98 Å². The summed E-state index contributed by atoms with van der Waals surface area (Å²) in [6.45, 7) is 5.95. The zero-order valence-corrected chi connectivity index (χ0v) is 16.5. The molecule has 0 bridgehead atoms. The van der Waals surface area contributed by atoms with Gasteiger partial charge in [0.1, 0.15) is 25.2 Å². The van der Waals surface area contributed by atoms with E-state index in [2.05, 4.69) is 4.98 Å². The van der Waals surface area contributed by atoms with E-state index in [4.69, 9.17) is 21.1 Å². The van der Waals surface area contributed by atoms with Crippen LogP contribution in [0.15, 0.2) is 48.7 Å². The van der Waals surface area contributed by atoms with Gasteiger partial charge in [0.25, 0.3) is 0 Å². The number of morpholine rings is 1. The monoisotopic (exact) mass is 397 g/mol. The molecule has 0 spiro atoms. The number of esters is 1. The molecule has 6 heteroatoms. The van der Waals surface area contributed by atoms with Gasteiger partial charge in [-0.3, -0.25) is 4.98 Å². The van der Waals surface area contributed by atoms with Crippen molar-refractivity contribution in [2.75, 3.05) is 26.3 Å². The number of halogens is 1. The highest BCUT2D eigenvalue weighted by atomic mass is 35.5. The molecule has 28 heavy (non-hydrogen) atoms. The summed E-state index contributed by atoms with van der Waals surface area (Å²) >= 11 is 6.51. The smallest absolute Gasteiger partial charge is 0.343 e. The van der Waals surface area contributed by atoms with Crippen molar-refractivity contribution in [1.29, 1.82) is 0 Å². The Morgan fingerprint density at radius 2 is 1.96 bits per heavy atom. The van der Waals surface area contributed by atoms with E-state index in [1.54, 1.807) is 18.3 Å². The first-order chi connectivity index (χ1) is 13.6. The normalized spacial score (nSPS) is 14.9. The number of hydrogen-bond donors (Lipinski definition) is 1. The molecule has 1 aliphatic heterocycles. The van der Waals surface area contributed by atoms with E-state index in [-0.39, 0.29) is 0 Å². The third kappa shape index (κ3) is 4.02. The summed E-state index contributed by atoms with van der Waals surface area (Å²) in [5.41, 5.74) is 3.09. The lowest BCUT2D eigenvalue weighted by Gasteiger charge is -2.25. The van der Waals surface area contributed by atoms with Crippen LogP contribution in [0.2, 0.25) is 5.02 Å². The van der Waals surface area contributed by atoms with Crippen LogP contribution in [-0.2, 0) is 11.3 Å². The zero-order chi connectivity index (χ0) is 19.5. The van der Waals surface area contributed by atoms with Gasteiger partial charge in [-0.25, -0.2) is 4.79 Å². The number of aryl methyl sites for hydroxylation is 1. The fourth-order valence-corrected chi connectivity index (χ4v) is 3.70. The van der Waals surface area contributed by atoms with Gasteiger partial charge < -0.3 is 14.4 Å². The Kier molecular flexibility index (Phi) is 5.57. The second-order valence-corrected chi connectivity index (χ2v) is 7.45. The average Bonchev–Trinajstić information content (AvgIpc) is 2.72. The number of nitrogens with zero attached hydrogens (tertiary/aromatic N) is 1. The molecule has 3 aromatic rings. The first kappa shape index (κ1) is 18.9. The van der Waals surface area contributed by atoms with Crippen LogP contribution in [0.5, 0.6) is 5.75 Å². The molecule has 1 fully saturated rings. The third-order valence-corrected chi connectivity index (χ3v) is 5.31. The average molecular weight is 398 g/mol. The van der Waals surface area contributed by atoms with Crippen molar-refractivity contribution in [3.05, 3.63) is 70.4 Å². The summed E-state index contributed by atoms with van der Waals surface area (Å²) in [5, 5.41) is 1.39. The number of hydrogen-bond acceptors (Lipinski definition) is 4. The molecule has 1 aliphatic rings. The largest absolute Gasteiger partial charge is 0.420 e. The molecular weight excluding hydrogens is 376 g/mol. The minimum absolute atomic E-state index is 0.396. The molecular formula is C22H22ClN2O3+. The number of nitrogens with one attached hydrogen (secondary N) is 1. The Bertz CT molecular complexity index is 999. The molecule has 5 nitrogen and oxygen atoms in total. The van der Waals surface area contributed by atoms with Crippen molar-refractivity contribution in [2.24, 2.45) is 0 Å². The Balaban J connectivity index is 1.73. The number of pyridine rings is 1. The Hall–Kier alpha value is -2.47. The van der Waals surface area contributed by atoms with Crippen LogP contribution in [0.1, 0.15) is 21.5 Å². The number of ether oxygens (including phenoxy) is 2. The Morgan fingerprint density at radius 1 is 1.21 bits per heavy atom. The van der Waals surface area contributed by atoms with Gasteiger partial charge in [0.05, 0.1) is 29.4 Å². The second-order valence-electron chi connectivity index (χ2n) is 7.04. The van der Waals surface area contributed by atoms with Crippen molar-refractivity contribution in [3.8, 4) is 5.75 Å². The van der Waals surface area contributed by atoms with E-state index in [1.807, 2.05) is 37.3 Å². The molecule has 4 rings (SSSR count). The summed E-state index contributed by atoms with van der Waals surface area (Å²) in [6.07, 6.45) is 1.69. The summed E-state index contributed by atoms with van der Waals surface area (Å²) in [7, 11) is 0. The number of quaternary nitrogens is 1. The van der Waals surface area contributed by atoms with Gasteiger partial charge in [-0.1, -0.05) is 29.3 Å². The van der Waals surface area contributed by atoms with Gasteiger partial charge in [-0.2, -0.15) is 0 Å². The molecule has 2 aromatic carbocycles. The molecule has 0 atom stereocenters. The van der Waals surface area contributed by atoms with Crippen LogP contribution in [0.4, 0.5) is 0 Å². The van der Waals surface area contributed by atoms with Crippen molar-refractivity contribution in [2.45, 2.75) is 13.5 Å². The molecule has 0 unspecified atom stereocenters. The van der Waals surface area contributed by atoms with E-state index in [9.17, 15) is 4.79 Å². The molecule has 1 N–H and O–H groups in total. The van der Waals surface area contributed by atoms with E-state index < -0.39 is 5.97 Å². The number of carbonyl (C=O) groups is 1. The standard InChI is InChI=1S/C22H21ClN2O3/c1-15-4-6-16(7-5-15)22(26)28-21-17(14-25-9-11-27-12-10-25)13-19(23)18-3-2-8-24-20(18)21/h2-8,13H,9-12,14H2,1H3/p+1. The fourth-order valence-electron chi connectivity index (χ4n) is 3.42. The van der Waals surface area contributed by atoms with Gasteiger partial charge in [0.15, 0.2) is 5.75 Å². The predicted octanol–water partition coefficient (Wildman–Crippen LogP) is 2.83. The molecule has 0 saturated carbocycles. The second kappa shape index (κ2) is 8.27. The molecule has 0 radical (unpaired) electrons. The maximum Gasteiger partial charge on any atom is 0.343 e. The molecule has 0 aliphatic carbocycles. The molecule has 1 aromatic heterocycles. The minimum Gasteiger partial charge on any atom is -0.420 e. The molecule has 0 amide bonds. The highest BCUT2D eigenvalue weighted by Crippen LogP contribution is 2.34. The molecule has 2 heterocycles. The Morgan fingerprint density at radius 3 is 2.71 bits per heavy atom. The lowest BCUT2D eigenvalue weighted by molar-refractivity contribution is -0.921. The topological polar surface area (TPSA) is 52.9 Å². The predicted molar refractivity (Wildman–Crippen MR) is 108 cm³/mol. The van der Waals surface area contributed by atoms with E-state index >= 15 is 0 Å². The highest BCUT2D eigenvalue weighted by molar-refractivity contribution is 6.35. The quantitative estimate of drug-likeness (QED) is 0.543. The lowest BCUT2D eigenvalue weighted by atomic mass is 10.1. The van der Waals surface area contributed by atoms with Crippen molar-refractivity contribution < 1.29 is 19.2 Å². The molecule has 144 valence electrons. The van der Waals surface area contributed by atoms with Gasteiger partial charge in [0, 0.05) is 11.6 Å². The van der Waals surface area contributed by atoms with Crippen LogP contribution in [0, 0.1) is 6.92 Å². The molecule has 1 saturated heterocycles. The summed E-state index contributed by atoms with van der Waals surface area (Å²) in [4.78, 5) is 18.6. The van der Waals surface area contributed by atoms with E-state index in [0.717, 1.165) is 42.8 Å². The van der Waals surface area contributed by atoms with Crippen LogP contribution < -0.4 is 9.64 Å². The van der Waals surface area contributed by atoms with Crippen molar-refractivity contribution in [3.63, 3.8) is 0 Å². The maximum atomic E-state index is 12.8. The number of benzene rings is 2. The van der Waals surface area contributed by atoms with E-state index in [0.29, 0.717) is 28.4 Å². The van der Waals surface area contributed by atoms with E-state index in [1.165, 1.54) is 4.90 Å². The van der Waals surface area contributed by atoms with Gasteiger partial charge in [-0.15, -0.1) is 0 Å². The van der Waals surface area contributed by atoms with Gasteiger partial charge in [0.2, 0.25) is 0 Å². The third-order valence-electron chi connectivity index (χ3n) is 5.00. The SMILES string of the molecule is Cc1ccc(C(=O)Oc2c(C[NH+]3CCOCC3)cc(Cl)c3cccnc23)cc1. The minimum atomic E-state index is -0.396. The summed E-state index contributed by atoms with van der Waals surface area (Å²) in [5.74, 6) is 0.0945. The summed E-state index contributed by atoms with van der Waals surface area (Å²) in [6, 6.07) is 12.9. The number of carbonyl (C=O) groups excluding carboxylic acids is 1. The first-order valence-electron chi connectivity index (χ1n) is 9.38. The van der Waals surface area contributed by atoms with Crippen LogP contribution in [-0.4, -0.2) is 37.3 Å².